The third kappa shape index (κ3) is 49.4. The van der Waals surface area contributed by atoms with Crippen LogP contribution in [-0.4, -0.2) is 37.2 Å². The minimum absolute atomic E-state index is 0.0636. The Morgan fingerprint density at radius 3 is 0.790 bits per heavy atom. The van der Waals surface area contributed by atoms with Gasteiger partial charge < -0.3 is 14.2 Å². The van der Waals surface area contributed by atoms with E-state index in [0.29, 0.717) is 19.3 Å². The van der Waals surface area contributed by atoms with Crippen molar-refractivity contribution in [2.45, 2.75) is 317 Å². The van der Waals surface area contributed by atoms with Crippen LogP contribution >= 0.6 is 0 Å². The molecule has 0 aliphatic heterocycles. The molecule has 0 bridgehead atoms. The Morgan fingerprint density at radius 2 is 0.532 bits per heavy atom. The maximum atomic E-state index is 12.8. The summed E-state index contributed by atoms with van der Waals surface area (Å²) >= 11 is 0. The molecule has 1 atom stereocenters. The van der Waals surface area contributed by atoms with E-state index >= 15 is 0 Å². The van der Waals surface area contributed by atoms with Gasteiger partial charge >= 0.3 is 17.9 Å². The number of esters is 3. The van der Waals surface area contributed by atoms with Crippen LogP contribution in [0.3, 0.4) is 0 Å². The van der Waals surface area contributed by atoms with Crippen molar-refractivity contribution >= 4 is 17.9 Å². The molecule has 0 N–H and O–H groups in total. The largest absolute Gasteiger partial charge is 0.462 e. The first-order chi connectivity index (χ1) is 30.2. The van der Waals surface area contributed by atoms with Gasteiger partial charge in [0.2, 0.25) is 0 Å². The van der Waals surface area contributed by atoms with Crippen molar-refractivity contribution in [2.24, 2.45) is 11.8 Å². The van der Waals surface area contributed by atoms with Crippen LogP contribution in [0.2, 0.25) is 0 Å². The summed E-state index contributed by atoms with van der Waals surface area (Å²) in [6.45, 7) is 11.4. The number of carbonyl (C=O) groups is 3. The Kier molecular flexibility index (Phi) is 47.6. The van der Waals surface area contributed by atoms with Crippen LogP contribution in [0.25, 0.3) is 0 Å². The van der Waals surface area contributed by atoms with Crippen molar-refractivity contribution in [3.05, 3.63) is 0 Å². The number of hydrogen-bond acceptors (Lipinski definition) is 6. The van der Waals surface area contributed by atoms with Crippen molar-refractivity contribution in [2.75, 3.05) is 13.2 Å². The van der Waals surface area contributed by atoms with Gasteiger partial charge in [-0.2, -0.15) is 0 Å². The van der Waals surface area contributed by atoms with Crippen LogP contribution in [0.4, 0.5) is 0 Å². The minimum Gasteiger partial charge on any atom is -0.462 e. The molecule has 0 fully saturated rings. The summed E-state index contributed by atoms with van der Waals surface area (Å²) in [4.78, 5) is 38.0. The van der Waals surface area contributed by atoms with Crippen molar-refractivity contribution < 1.29 is 28.6 Å². The van der Waals surface area contributed by atoms with Gasteiger partial charge in [0.05, 0.1) is 0 Å². The fraction of sp³-hybridized carbons (Fsp3) is 0.946. The van der Waals surface area contributed by atoms with Gasteiger partial charge in [-0.05, 0) is 31.1 Å². The van der Waals surface area contributed by atoms with E-state index in [9.17, 15) is 14.4 Å². The van der Waals surface area contributed by atoms with E-state index in [2.05, 4.69) is 34.6 Å². The molecule has 0 spiro atoms. The predicted octanol–water partition coefficient (Wildman–Crippen LogP) is 18.1. The number of ether oxygens (including phenoxy) is 3. The van der Waals surface area contributed by atoms with Gasteiger partial charge in [0.25, 0.3) is 0 Å². The predicted molar refractivity (Wildman–Crippen MR) is 266 cm³/mol. The summed E-state index contributed by atoms with van der Waals surface area (Å²) in [6.07, 6.45) is 50.9. The molecule has 0 aromatic carbocycles. The first-order valence-corrected chi connectivity index (χ1v) is 27.7. The molecule has 62 heavy (non-hydrogen) atoms. The lowest BCUT2D eigenvalue weighted by Gasteiger charge is -2.18. The third-order valence-electron chi connectivity index (χ3n) is 12.7. The fourth-order valence-corrected chi connectivity index (χ4v) is 8.52. The molecule has 6 heteroatoms. The summed E-state index contributed by atoms with van der Waals surface area (Å²) < 4.78 is 16.9. The van der Waals surface area contributed by atoms with Crippen LogP contribution in [0.15, 0.2) is 0 Å². The van der Waals surface area contributed by atoms with Crippen molar-refractivity contribution in [1.82, 2.24) is 0 Å². The summed E-state index contributed by atoms with van der Waals surface area (Å²) in [6, 6.07) is 0. The highest BCUT2D eigenvalue weighted by molar-refractivity contribution is 5.71. The van der Waals surface area contributed by atoms with E-state index < -0.39 is 6.10 Å². The average Bonchev–Trinajstić information content (AvgIpc) is 3.24. The summed E-state index contributed by atoms with van der Waals surface area (Å²) in [5, 5.41) is 0. The molecule has 0 heterocycles. The minimum atomic E-state index is -0.762. The second-order valence-electron chi connectivity index (χ2n) is 20.2. The maximum Gasteiger partial charge on any atom is 0.306 e. The van der Waals surface area contributed by atoms with Crippen molar-refractivity contribution in [3.63, 3.8) is 0 Å². The van der Waals surface area contributed by atoms with Gasteiger partial charge in [-0.3, -0.25) is 14.4 Å². The maximum absolute atomic E-state index is 12.8. The van der Waals surface area contributed by atoms with Gasteiger partial charge in [0.1, 0.15) is 13.2 Å². The normalized spacial score (nSPS) is 12.0. The van der Waals surface area contributed by atoms with Gasteiger partial charge in [-0.1, -0.05) is 272 Å². The van der Waals surface area contributed by atoms with Gasteiger partial charge in [0.15, 0.2) is 6.10 Å². The van der Waals surface area contributed by atoms with E-state index in [-0.39, 0.29) is 31.1 Å². The standard InChI is InChI=1S/C56H108O6/c1-6-7-8-9-10-11-12-13-14-15-16-17-18-21-27-33-38-43-48-56(59)62-53(50-61-55(58)47-42-37-32-28-23-25-30-35-40-45-52(4)5)49-60-54(57)46-41-36-31-26-22-19-20-24-29-34-39-44-51(2)3/h51-53H,6-50H2,1-5H3/t53-/m0/s1. The van der Waals surface area contributed by atoms with E-state index in [4.69, 9.17) is 14.2 Å². The second-order valence-corrected chi connectivity index (χ2v) is 20.2. The first-order valence-electron chi connectivity index (χ1n) is 27.7. The van der Waals surface area contributed by atoms with Crippen LogP contribution in [-0.2, 0) is 28.6 Å². The Hall–Kier alpha value is -1.59. The Bertz CT molecular complexity index is 947. The van der Waals surface area contributed by atoms with Crippen LogP contribution < -0.4 is 0 Å². The summed E-state index contributed by atoms with van der Waals surface area (Å²) in [5.41, 5.74) is 0. The number of hydrogen-bond donors (Lipinski definition) is 0. The zero-order valence-electron chi connectivity index (χ0n) is 42.5. The van der Waals surface area contributed by atoms with Crippen LogP contribution in [0.5, 0.6) is 0 Å². The highest BCUT2D eigenvalue weighted by Gasteiger charge is 2.19. The highest BCUT2D eigenvalue weighted by Crippen LogP contribution is 2.18. The second kappa shape index (κ2) is 48.9. The molecule has 0 amide bonds. The molecule has 0 saturated carbocycles. The van der Waals surface area contributed by atoms with Gasteiger partial charge in [0, 0.05) is 19.3 Å². The molecule has 0 aliphatic rings. The smallest absolute Gasteiger partial charge is 0.306 e. The fourth-order valence-electron chi connectivity index (χ4n) is 8.52. The Balaban J connectivity index is 4.29. The molecule has 0 saturated heterocycles. The quantitative estimate of drug-likeness (QED) is 0.0344. The van der Waals surface area contributed by atoms with E-state index in [1.165, 1.54) is 199 Å². The average molecular weight is 877 g/mol. The van der Waals surface area contributed by atoms with E-state index in [0.717, 1.165) is 69.6 Å². The van der Waals surface area contributed by atoms with Gasteiger partial charge in [-0.15, -0.1) is 0 Å². The topological polar surface area (TPSA) is 78.9 Å². The van der Waals surface area contributed by atoms with Crippen molar-refractivity contribution in [3.8, 4) is 0 Å². The molecule has 0 rings (SSSR count). The first kappa shape index (κ1) is 60.4. The lowest BCUT2D eigenvalue weighted by atomic mass is 10.0. The van der Waals surface area contributed by atoms with E-state index in [1.54, 1.807) is 0 Å². The number of carbonyl (C=O) groups excluding carboxylic acids is 3. The van der Waals surface area contributed by atoms with E-state index in [1.807, 2.05) is 0 Å². The Labute approximate surface area is 387 Å². The monoisotopic (exact) mass is 877 g/mol. The molecule has 0 radical (unpaired) electrons. The summed E-state index contributed by atoms with van der Waals surface area (Å²) in [5.74, 6) is 0.791. The van der Waals surface area contributed by atoms with Crippen LogP contribution in [0, 0.1) is 11.8 Å². The SMILES string of the molecule is CCCCCCCCCCCCCCCCCCCCC(=O)O[C@@H](COC(=O)CCCCCCCCCCCCCC(C)C)COC(=O)CCCCCCCCCCCC(C)C. The zero-order valence-corrected chi connectivity index (χ0v) is 42.5. The third-order valence-corrected chi connectivity index (χ3v) is 12.7. The van der Waals surface area contributed by atoms with Gasteiger partial charge in [-0.25, -0.2) is 0 Å². The molecular formula is C56H108O6. The lowest BCUT2D eigenvalue weighted by Crippen LogP contribution is -2.30. The van der Waals surface area contributed by atoms with Crippen molar-refractivity contribution in [1.29, 1.82) is 0 Å². The lowest BCUT2D eigenvalue weighted by molar-refractivity contribution is -0.167. The zero-order chi connectivity index (χ0) is 45.4. The van der Waals surface area contributed by atoms with Crippen LogP contribution in [0.1, 0.15) is 311 Å². The molecule has 0 unspecified atom stereocenters. The Morgan fingerprint density at radius 1 is 0.306 bits per heavy atom. The highest BCUT2D eigenvalue weighted by atomic mass is 16.6. The molecule has 368 valence electrons. The molecule has 6 nitrogen and oxygen atoms in total. The summed E-state index contributed by atoms with van der Waals surface area (Å²) in [7, 11) is 0. The molecule has 0 aromatic rings. The molecular weight excluding hydrogens is 769 g/mol. The molecule has 0 aliphatic carbocycles. The molecule has 0 aromatic heterocycles. The number of unbranched alkanes of at least 4 members (excludes halogenated alkanes) is 35. The number of rotatable bonds is 50.